The van der Waals surface area contributed by atoms with E-state index in [1.165, 1.54) is 10.8 Å². The van der Waals surface area contributed by atoms with E-state index in [9.17, 15) is 14.4 Å². The van der Waals surface area contributed by atoms with Gasteiger partial charge >= 0.3 is 7.60 Å². The van der Waals surface area contributed by atoms with Crippen molar-refractivity contribution in [3.05, 3.63) is 95.8 Å². The van der Waals surface area contributed by atoms with Gasteiger partial charge < -0.3 is 19.0 Å². The summed E-state index contributed by atoms with van der Waals surface area (Å²) in [5.74, 6) is 1.41. The first kappa shape index (κ1) is 21.8. The predicted octanol–water partition coefficient (Wildman–Crippen LogP) is 3.52. The second-order valence-corrected chi connectivity index (χ2v) is 8.97. The number of nitrogens with two attached hydrogens (primary N) is 1. The first-order valence-corrected chi connectivity index (χ1v) is 11.7. The van der Waals surface area contributed by atoms with Crippen LogP contribution in [0.3, 0.4) is 0 Å². The highest BCUT2D eigenvalue weighted by Crippen LogP contribution is 2.35. The van der Waals surface area contributed by atoms with Gasteiger partial charge in [0.25, 0.3) is 5.82 Å². The maximum absolute atomic E-state index is 11.3. The lowest BCUT2D eigenvalue weighted by Gasteiger charge is -2.07. The van der Waals surface area contributed by atoms with Gasteiger partial charge in [0, 0.05) is 12.5 Å². The molecule has 0 saturated heterocycles. The third-order valence-corrected chi connectivity index (χ3v) is 5.51. The normalized spacial score (nSPS) is 11.4. The van der Waals surface area contributed by atoms with Crippen LogP contribution in [0.5, 0.6) is 5.75 Å². The van der Waals surface area contributed by atoms with Crippen molar-refractivity contribution in [2.24, 2.45) is 0 Å². The van der Waals surface area contributed by atoms with Crippen LogP contribution in [-0.2, 0) is 23.9 Å². The van der Waals surface area contributed by atoms with Gasteiger partial charge in [0.15, 0.2) is 12.0 Å². The van der Waals surface area contributed by atoms with E-state index in [0.29, 0.717) is 30.0 Å². The molecule has 4 N–H and O–H groups in total. The van der Waals surface area contributed by atoms with E-state index < -0.39 is 13.9 Å². The molecule has 0 amide bonds. The third kappa shape index (κ3) is 5.62. The summed E-state index contributed by atoms with van der Waals surface area (Å²) >= 11 is 0. The lowest BCUT2D eigenvalue weighted by molar-refractivity contribution is -0.665. The number of nitrogen functional groups attached to an aromatic ring is 1. The van der Waals surface area contributed by atoms with Gasteiger partial charge in [-0.2, -0.15) is 0 Å². The molecule has 0 aliphatic heterocycles. The molecule has 9 heteroatoms. The summed E-state index contributed by atoms with van der Waals surface area (Å²) in [5.41, 5.74) is 9.46. The van der Waals surface area contributed by atoms with E-state index in [1.807, 2.05) is 54.6 Å². The minimum Gasteiger partial charge on any atom is -0.489 e. The summed E-state index contributed by atoms with van der Waals surface area (Å²) in [6, 6.07) is 22.9. The monoisotopic (exact) mass is 452 g/mol. The van der Waals surface area contributed by atoms with Gasteiger partial charge in [-0.15, -0.1) is 0 Å². The molecule has 2 heterocycles. The number of pyridine rings is 1. The number of anilines is 1. The molecule has 164 valence electrons. The highest BCUT2D eigenvalue weighted by Gasteiger charge is 2.23. The second-order valence-electron chi connectivity index (χ2n) is 7.36. The van der Waals surface area contributed by atoms with Crippen molar-refractivity contribution >= 4 is 13.4 Å². The molecule has 2 aromatic heterocycles. The molecule has 0 aliphatic rings. The van der Waals surface area contributed by atoms with Crippen molar-refractivity contribution in [1.82, 2.24) is 5.16 Å². The molecule has 4 aromatic rings. The Hall–Kier alpha value is -3.45. The van der Waals surface area contributed by atoms with Crippen molar-refractivity contribution < 1.29 is 28.2 Å². The van der Waals surface area contributed by atoms with E-state index in [0.717, 1.165) is 16.9 Å². The van der Waals surface area contributed by atoms with Gasteiger partial charge in [0.2, 0.25) is 0 Å². The Morgan fingerprint density at radius 2 is 1.75 bits per heavy atom. The fraction of sp³-hybridized carbons (Fsp3) is 0.130. The average molecular weight is 452 g/mol. The van der Waals surface area contributed by atoms with Crippen molar-refractivity contribution in [2.45, 2.75) is 19.3 Å². The van der Waals surface area contributed by atoms with E-state index in [4.69, 9.17) is 15.0 Å². The first-order valence-electron chi connectivity index (χ1n) is 9.91. The van der Waals surface area contributed by atoms with E-state index in [-0.39, 0.29) is 5.82 Å². The van der Waals surface area contributed by atoms with E-state index in [2.05, 4.69) is 5.16 Å². The Kier molecular flexibility index (Phi) is 6.37. The summed E-state index contributed by atoms with van der Waals surface area (Å²) < 4.78 is 23.9. The molecule has 0 aliphatic carbocycles. The topological polar surface area (TPSA) is 123 Å². The summed E-state index contributed by atoms with van der Waals surface area (Å²) in [6.07, 6.45) is 1.56. The molecule has 0 atom stereocenters. The standard InChI is InChI=1S/C23H22N3O5P/c24-23-21(7-4-12-26(23)16-32(27,28)29)22-14-19(25-31-22)13-17-8-10-20(11-9-17)30-15-18-5-2-1-3-6-18/h1-12,14,24H,13,15-16H2,(H2,27,28,29)/p+1. The molecule has 2 aromatic carbocycles. The lowest BCUT2D eigenvalue weighted by atomic mass is 10.1. The minimum atomic E-state index is -4.27. The molecule has 0 bridgehead atoms. The zero-order valence-electron chi connectivity index (χ0n) is 17.2. The molecule has 4 rings (SSSR count). The summed E-state index contributed by atoms with van der Waals surface area (Å²) in [6.45, 7) is 0.507. The largest absolute Gasteiger partial charge is 0.489 e. The highest BCUT2D eigenvalue weighted by atomic mass is 31.2. The van der Waals surface area contributed by atoms with Gasteiger partial charge in [-0.05, 0) is 35.4 Å². The third-order valence-electron chi connectivity index (χ3n) is 4.83. The van der Waals surface area contributed by atoms with Crippen LogP contribution >= 0.6 is 7.60 Å². The SMILES string of the molecule is Nc1c(-c2cc(Cc3ccc(OCc4ccccc4)cc3)no2)ccc[n+]1CP(=O)(O)O. The Morgan fingerprint density at radius 1 is 1.00 bits per heavy atom. The first-order chi connectivity index (χ1) is 15.4. The average Bonchev–Trinajstić information content (AvgIpc) is 3.23. The number of nitrogens with zero attached hydrogens (tertiary/aromatic N) is 2. The zero-order chi connectivity index (χ0) is 22.6. The quantitative estimate of drug-likeness (QED) is 0.276. The van der Waals surface area contributed by atoms with Crippen LogP contribution < -0.4 is 15.0 Å². The molecule has 0 radical (unpaired) electrons. The number of hydrogen-bond donors (Lipinski definition) is 3. The predicted molar refractivity (Wildman–Crippen MR) is 119 cm³/mol. The Morgan fingerprint density at radius 3 is 2.47 bits per heavy atom. The van der Waals surface area contributed by atoms with Crippen LogP contribution in [0.2, 0.25) is 0 Å². The molecular formula is C23H23N3O5P+. The van der Waals surface area contributed by atoms with Gasteiger partial charge in [0.1, 0.15) is 17.9 Å². The second kappa shape index (κ2) is 9.36. The lowest BCUT2D eigenvalue weighted by Crippen LogP contribution is -2.37. The van der Waals surface area contributed by atoms with Crippen LogP contribution in [0.1, 0.15) is 16.8 Å². The van der Waals surface area contributed by atoms with Crippen molar-refractivity contribution in [1.29, 1.82) is 0 Å². The van der Waals surface area contributed by atoms with Crippen LogP contribution in [0.4, 0.5) is 5.82 Å². The fourth-order valence-corrected chi connectivity index (χ4v) is 3.91. The number of ether oxygens (including phenoxy) is 1. The van der Waals surface area contributed by atoms with Crippen LogP contribution in [-0.4, -0.2) is 14.9 Å². The number of hydrogen-bond acceptors (Lipinski definition) is 5. The van der Waals surface area contributed by atoms with Gasteiger partial charge in [-0.3, -0.25) is 10.3 Å². The summed E-state index contributed by atoms with van der Waals surface area (Å²) in [7, 11) is -4.27. The maximum atomic E-state index is 11.3. The molecule has 0 spiro atoms. The van der Waals surface area contributed by atoms with Gasteiger partial charge in [-0.25, -0.2) is 4.57 Å². The molecule has 32 heavy (non-hydrogen) atoms. The zero-order valence-corrected chi connectivity index (χ0v) is 18.1. The number of rotatable bonds is 8. The molecule has 0 unspecified atom stereocenters. The Labute approximate surface area is 185 Å². The van der Waals surface area contributed by atoms with Crippen LogP contribution in [0.15, 0.2) is 83.5 Å². The molecular weight excluding hydrogens is 429 g/mol. The minimum absolute atomic E-state index is 0.193. The molecule has 8 nitrogen and oxygen atoms in total. The van der Waals surface area contributed by atoms with Crippen molar-refractivity contribution in [2.75, 3.05) is 5.73 Å². The smallest absolute Gasteiger partial charge is 0.366 e. The maximum Gasteiger partial charge on any atom is 0.366 e. The fourth-order valence-electron chi connectivity index (χ4n) is 3.27. The van der Waals surface area contributed by atoms with Gasteiger partial charge in [0.05, 0.1) is 11.9 Å². The highest BCUT2D eigenvalue weighted by molar-refractivity contribution is 7.50. The number of benzene rings is 2. The van der Waals surface area contributed by atoms with Crippen LogP contribution in [0.25, 0.3) is 11.3 Å². The van der Waals surface area contributed by atoms with Crippen LogP contribution in [0, 0.1) is 0 Å². The number of aromatic nitrogens is 2. The van der Waals surface area contributed by atoms with Crippen molar-refractivity contribution in [3.63, 3.8) is 0 Å². The van der Waals surface area contributed by atoms with Crippen molar-refractivity contribution in [3.8, 4) is 17.1 Å². The molecule has 0 saturated carbocycles. The summed E-state index contributed by atoms with van der Waals surface area (Å²) in [4.78, 5) is 18.5. The van der Waals surface area contributed by atoms with E-state index in [1.54, 1.807) is 18.2 Å². The Bertz CT molecular complexity index is 1240. The molecule has 0 fully saturated rings. The summed E-state index contributed by atoms with van der Waals surface area (Å²) in [5, 5.41) is 4.11. The van der Waals surface area contributed by atoms with E-state index >= 15 is 0 Å². The Balaban J connectivity index is 1.42. The van der Waals surface area contributed by atoms with Gasteiger partial charge in [-0.1, -0.05) is 47.6 Å².